The molecule has 162 valence electrons. The summed E-state index contributed by atoms with van der Waals surface area (Å²) in [5, 5.41) is 12.0. The van der Waals surface area contributed by atoms with Gasteiger partial charge in [0, 0.05) is 33.2 Å². The second-order valence-corrected chi connectivity index (χ2v) is 8.21. The van der Waals surface area contributed by atoms with Gasteiger partial charge in [-0.2, -0.15) is 11.8 Å². The first-order chi connectivity index (χ1) is 13.1. The fourth-order valence-electron chi connectivity index (χ4n) is 3.44. The van der Waals surface area contributed by atoms with Crippen LogP contribution in [-0.4, -0.2) is 81.8 Å². The van der Waals surface area contributed by atoms with Crippen LogP contribution >= 0.6 is 35.7 Å². The normalized spacial score (nSPS) is 17.3. The van der Waals surface area contributed by atoms with E-state index in [-0.39, 0.29) is 24.0 Å². The molecule has 0 spiro atoms. The van der Waals surface area contributed by atoms with Gasteiger partial charge in [0.25, 0.3) is 0 Å². The van der Waals surface area contributed by atoms with Crippen LogP contribution < -0.4 is 5.32 Å². The third-order valence-corrected chi connectivity index (χ3v) is 6.05. The minimum absolute atomic E-state index is 0. The fourth-order valence-corrected chi connectivity index (χ4v) is 3.87. The summed E-state index contributed by atoms with van der Waals surface area (Å²) in [6.07, 6.45) is 4.55. The summed E-state index contributed by atoms with van der Waals surface area (Å²) in [5.74, 6) is 4.76. The average Bonchev–Trinajstić information content (AvgIpc) is 3.27. The Morgan fingerprint density at radius 3 is 2.68 bits per heavy atom. The Morgan fingerprint density at radius 2 is 2.07 bits per heavy atom. The highest BCUT2D eigenvalue weighted by molar-refractivity contribution is 14.0. The van der Waals surface area contributed by atoms with Gasteiger partial charge in [0.05, 0.1) is 0 Å². The van der Waals surface area contributed by atoms with Crippen LogP contribution in [0.3, 0.4) is 0 Å². The Kier molecular flexibility index (Phi) is 12.4. The van der Waals surface area contributed by atoms with Gasteiger partial charge in [-0.05, 0) is 50.8 Å². The molecule has 0 radical (unpaired) electrons. The number of aryl methyl sites for hydroxylation is 1. The molecule has 1 unspecified atom stereocenters. The standard InChI is InChI=1S/C19H37N7S.HI/c1-6-25(7-2)14-17-9-11-26(15-17)19(20-10-8-12-27-5)21-13-18-23-22-16(3)24(18)4;/h17H,6-15H2,1-5H3,(H,20,21);1H. The number of nitrogens with zero attached hydrogens (tertiary/aromatic N) is 6. The van der Waals surface area contributed by atoms with Gasteiger partial charge in [-0.15, -0.1) is 34.2 Å². The topological polar surface area (TPSA) is 61.6 Å². The molecule has 1 N–H and O–H groups in total. The molecule has 0 amide bonds. The fraction of sp³-hybridized carbons (Fsp3) is 0.842. The molecule has 2 heterocycles. The average molecular weight is 524 g/mol. The molecule has 1 aliphatic rings. The first-order valence-corrected chi connectivity index (χ1v) is 11.6. The molecule has 1 aliphatic heterocycles. The molecule has 1 aromatic heterocycles. The lowest BCUT2D eigenvalue weighted by Crippen LogP contribution is -2.41. The van der Waals surface area contributed by atoms with E-state index in [4.69, 9.17) is 4.99 Å². The Bertz CT molecular complexity index is 589. The van der Waals surface area contributed by atoms with Crippen molar-refractivity contribution < 1.29 is 0 Å². The van der Waals surface area contributed by atoms with Crippen molar-refractivity contribution in [3.63, 3.8) is 0 Å². The van der Waals surface area contributed by atoms with Gasteiger partial charge in [-0.1, -0.05) is 13.8 Å². The highest BCUT2D eigenvalue weighted by atomic mass is 127. The van der Waals surface area contributed by atoms with Crippen LogP contribution in [0.5, 0.6) is 0 Å². The van der Waals surface area contributed by atoms with E-state index < -0.39 is 0 Å². The quantitative estimate of drug-likeness (QED) is 0.220. The molecule has 1 fully saturated rings. The number of aliphatic imine (C=N–C) groups is 1. The maximum absolute atomic E-state index is 4.89. The van der Waals surface area contributed by atoms with Gasteiger partial charge < -0.3 is 19.7 Å². The highest BCUT2D eigenvalue weighted by Gasteiger charge is 2.26. The molecule has 1 saturated heterocycles. The van der Waals surface area contributed by atoms with Gasteiger partial charge in [0.2, 0.25) is 0 Å². The molecule has 9 heteroatoms. The lowest BCUT2D eigenvalue weighted by atomic mass is 10.1. The summed E-state index contributed by atoms with van der Waals surface area (Å²) in [5.41, 5.74) is 0. The second kappa shape index (κ2) is 13.6. The first kappa shape index (κ1) is 25.5. The summed E-state index contributed by atoms with van der Waals surface area (Å²) < 4.78 is 2.02. The van der Waals surface area contributed by atoms with Crippen LogP contribution in [0.1, 0.15) is 38.3 Å². The summed E-state index contributed by atoms with van der Waals surface area (Å²) in [6.45, 7) is 13.6. The van der Waals surface area contributed by atoms with Crippen LogP contribution in [0, 0.1) is 12.8 Å². The maximum Gasteiger partial charge on any atom is 0.194 e. The van der Waals surface area contributed by atoms with E-state index in [0.717, 1.165) is 62.7 Å². The van der Waals surface area contributed by atoms with E-state index in [9.17, 15) is 0 Å². The lowest BCUT2D eigenvalue weighted by Gasteiger charge is -2.24. The van der Waals surface area contributed by atoms with E-state index in [0.29, 0.717) is 6.54 Å². The summed E-state index contributed by atoms with van der Waals surface area (Å²) in [4.78, 5) is 9.84. The van der Waals surface area contributed by atoms with Crippen LogP contribution in [0.4, 0.5) is 0 Å². The second-order valence-electron chi connectivity index (χ2n) is 7.22. The van der Waals surface area contributed by atoms with Crippen LogP contribution in [0.25, 0.3) is 0 Å². The van der Waals surface area contributed by atoms with E-state index in [2.05, 4.69) is 45.4 Å². The minimum Gasteiger partial charge on any atom is -0.356 e. The Balaban J connectivity index is 0.00000392. The number of guanidine groups is 1. The number of hydrogen-bond acceptors (Lipinski definition) is 5. The molecule has 1 atom stereocenters. The van der Waals surface area contributed by atoms with Crippen LogP contribution in [0.15, 0.2) is 4.99 Å². The summed E-state index contributed by atoms with van der Waals surface area (Å²) in [7, 11) is 2.00. The van der Waals surface area contributed by atoms with Crippen LogP contribution in [-0.2, 0) is 13.6 Å². The number of thioether (sulfide) groups is 1. The molecule has 0 saturated carbocycles. The monoisotopic (exact) mass is 523 g/mol. The number of halogens is 1. The van der Waals surface area contributed by atoms with Crippen molar-refractivity contribution in [3.05, 3.63) is 11.6 Å². The molecule has 0 aromatic carbocycles. The third kappa shape index (κ3) is 7.70. The molecular weight excluding hydrogens is 485 g/mol. The zero-order valence-corrected chi connectivity index (χ0v) is 21.3. The third-order valence-electron chi connectivity index (χ3n) is 5.36. The summed E-state index contributed by atoms with van der Waals surface area (Å²) >= 11 is 1.89. The van der Waals surface area contributed by atoms with Crippen molar-refractivity contribution in [3.8, 4) is 0 Å². The lowest BCUT2D eigenvalue weighted by molar-refractivity contribution is 0.255. The highest BCUT2D eigenvalue weighted by Crippen LogP contribution is 2.18. The first-order valence-electron chi connectivity index (χ1n) is 10.2. The van der Waals surface area contributed by atoms with Crippen molar-refractivity contribution in [2.24, 2.45) is 18.0 Å². The molecule has 2 rings (SSSR count). The van der Waals surface area contributed by atoms with E-state index in [1.165, 1.54) is 18.7 Å². The van der Waals surface area contributed by atoms with Gasteiger partial charge in [-0.3, -0.25) is 0 Å². The largest absolute Gasteiger partial charge is 0.356 e. The zero-order valence-electron chi connectivity index (χ0n) is 18.1. The molecule has 28 heavy (non-hydrogen) atoms. The summed E-state index contributed by atoms with van der Waals surface area (Å²) in [6, 6.07) is 0. The van der Waals surface area contributed by atoms with Gasteiger partial charge >= 0.3 is 0 Å². The predicted octanol–water partition coefficient (Wildman–Crippen LogP) is 2.60. The smallest absolute Gasteiger partial charge is 0.194 e. The molecule has 0 bridgehead atoms. The number of aromatic nitrogens is 3. The van der Waals surface area contributed by atoms with Crippen molar-refractivity contribution in [1.82, 2.24) is 29.9 Å². The van der Waals surface area contributed by atoms with Crippen molar-refractivity contribution in [1.29, 1.82) is 0 Å². The molecule has 1 aromatic rings. The maximum atomic E-state index is 4.89. The minimum atomic E-state index is 0. The molecule has 0 aliphatic carbocycles. The van der Waals surface area contributed by atoms with Crippen molar-refractivity contribution in [2.75, 3.05) is 51.3 Å². The number of rotatable bonds is 10. The van der Waals surface area contributed by atoms with E-state index in [1.54, 1.807) is 0 Å². The molecular formula is C19H38IN7S. The van der Waals surface area contributed by atoms with Gasteiger partial charge in [0.15, 0.2) is 11.8 Å². The van der Waals surface area contributed by atoms with Gasteiger partial charge in [0.1, 0.15) is 12.4 Å². The number of hydrogen-bond donors (Lipinski definition) is 1. The van der Waals surface area contributed by atoms with Crippen LogP contribution in [0.2, 0.25) is 0 Å². The number of likely N-dealkylation sites (tertiary alicyclic amines) is 1. The number of nitrogens with one attached hydrogen (secondary N) is 1. The Hall–Kier alpha value is -0.550. The van der Waals surface area contributed by atoms with Gasteiger partial charge in [-0.25, -0.2) is 4.99 Å². The predicted molar refractivity (Wildman–Crippen MR) is 131 cm³/mol. The zero-order chi connectivity index (χ0) is 19.6. The van der Waals surface area contributed by atoms with Crippen molar-refractivity contribution >= 4 is 41.7 Å². The van der Waals surface area contributed by atoms with E-state index in [1.807, 2.05) is 30.3 Å². The Labute approximate surface area is 192 Å². The van der Waals surface area contributed by atoms with E-state index >= 15 is 0 Å². The Morgan fingerprint density at radius 1 is 1.32 bits per heavy atom. The SMILES string of the molecule is CCN(CC)CC1CCN(C(=NCc2nnc(C)n2C)NCCCSC)C1.I. The van der Waals surface area contributed by atoms with Crippen molar-refractivity contribution in [2.45, 2.75) is 40.2 Å². The molecule has 7 nitrogen and oxygen atoms in total.